The number of amides is 1. The minimum Gasteiger partial charge on any atom is -0.463 e. The van der Waals surface area contributed by atoms with Crippen molar-refractivity contribution in [3.05, 3.63) is 35.9 Å². The molecule has 1 N–H and O–H groups in total. The lowest BCUT2D eigenvalue weighted by atomic mass is 9.69. The molecule has 0 unspecified atom stereocenters. The number of alkyl carbamates (subject to hydrolysis) is 1. The second kappa shape index (κ2) is 5.61. The fourth-order valence-corrected chi connectivity index (χ4v) is 3.15. The summed E-state index contributed by atoms with van der Waals surface area (Å²) in [6, 6.07) is 9.51. The van der Waals surface area contributed by atoms with Crippen molar-refractivity contribution in [3.8, 4) is 0 Å². The normalized spacial score (nSPS) is 28.6. The van der Waals surface area contributed by atoms with Gasteiger partial charge in [0.1, 0.15) is 18.8 Å². The summed E-state index contributed by atoms with van der Waals surface area (Å²) in [4.78, 5) is 22.8. The first-order valence-electron chi connectivity index (χ1n) is 7.27. The number of hydrogen-bond donors (Lipinski definition) is 1. The van der Waals surface area contributed by atoms with Gasteiger partial charge in [0.05, 0.1) is 12.1 Å². The predicted octanol–water partition coefficient (Wildman–Crippen LogP) is 1.78. The van der Waals surface area contributed by atoms with Gasteiger partial charge in [0.25, 0.3) is 0 Å². The number of carbonyl (C=O) groups is 2. The van der Waals surface area contributed by atoms with E-state index in [4.69, 9.17) is 14.2 Å². The Kier molecular flexibility index (Phi) is 3.78. The van der Waals surface area contributed by atoms with Gasteiger partial charge in [0, 0.05) is 19.8 Å². The van der Waals surface area contributed by atoms with Crippen molar-refractivity contribution in [2.45, 2.75) is 37.5 Å². The van der Waals surface area contributed by atoms with Crippen LogP contribution in [-0.4, -0.2) is 36.4 Å². The fraction of sp³-hybridized carbons (Fsp3) is 0.500. The van der Waals surface area contributed by atoms with E-state index in [1.165, 1.54) is 6.92 Å². The predicted molar refractivity (Wildman–Crippen MR) is 77.0 cm³/mol. The van der Waals surface area contributed by atoms with Crippen molar-refractivity contribution < 1.29 is 23.8 Å². The molecule has 1 aromatic rings. The van der Waals surface area contributed by atoms with Crippen LogP contribution >= 0.6 is 0 Å². The molecular weight excluding hydrogens is 286 g/mol. The molecule has 4 rings (SSSR count). The first-order valence-corrected chi connectivity index (χ1v) is 7.27. The quantitative estimate of drug-likeness (QED) is 0.839. The highest BCUT2D eigenvalue weighted by atomic mass is 16.6. The van der Waals surface area contributed by atoms with Crippen LogP contribution in [0, 0.1) is 0 Å². The lowest BCUT2D eigenvalue weighted by Gasteiger charge is -2.43. The largest absolute Gasteiger partial charge is 0.463 e. The van der Waals surface area contributed by atoms with Gasteiger partial charge in [-0.05, 0) is 5.56 Å². The number of fused-ring (bicyclic) bond motifs is 1. The van der Waals surface area contributed by atoms with Crippen molar-refractivity contribution in [2.24, 2.45) is 0 Å². The molecule has 1 amide bonds. The molecule has 1 saturated carbocycles. The number of ether oxygens (including phenoxy) is 3. The van der Waals surface area contributed by atoms with Crippen molar-refractivity contribution >= 4 is 12.1 Å². The minimum absolute atomic E-state index is 0.238. The zero-order chi connectivity index (χ0) is 15.6. The van der Waals surface area contributed by atoms with Gasteiger partial charge in [0.15, 0.2) is 0 Å². The minimum atomic E-state index is -0.449. The Bertz CT molecular complexity index is 565. The summed E-state index contributed by atoms with van der Waals surface area (Å²) < 4.78 is 15.9. The third-order valence-electron chi connectivity index (χ3n) is 4.09. The molecule has 0 spiro atoms. The van der Waals surface area contributed by atoms with E-state index in [0.29, 0.717) is 19.4 Å². The average Bonchev–Trinajstić information content (AvgIpc) is 2.99. The van der Waals surface area contributed by atoms with E-state index < -0.39 is 11.7 Å². The van der Waals surface area contributed by atoms with E-state index in [1.807, 2.05) is 30.3 Å². The highest BCUT2D eigenvalue weighted by Crippen LogP contribution is 2.51. The molecule has 1 aliphatic carbocycles. The SMILES string of the molecule is CC(=O)OCC12CC(NC(=O)OCc3ccccc3)(CO1)C2. The maximum absolute atomic E-state index is 11.9. The highest BCUT2D eigenvalue weighted by molar-refractivity contribution is 5.69. The summed E-state index contributed by atoms with van der Waals surface area (Å²) in [5, 5.41) is 2.88. The van der Waals surface area contributed by atoms with Crippen LogP contribution in [0.3, 0.4) is 0 Å². The molecule has 3 aliphatic rings. The standard InChI is InChI=1S/C16H19NO5/c1-12(18)21-11-16-8-15(9-16,10-22-16)17-14(19)20-7-13-5-3-2-4-6-13/h2-6H,7-11H2,1H3,(H,17,19). The summed E-state index contributed by atoms with van der Waals surface area (Å²) in [6.45, 7) is 2.28. The molecule has 0 atom stereocenters. The van der Waals surface area contributed by atoms with Crippen LogP contribution in [0.4, 0.5) is 4.79 Å². The Morgan fingerprint density at radius 3 is 2.64 bits per heavy atom. The van der Waals surface area contributed by atoms with E-state index in [0.717, 1.165) is 5.56 Å². The smallest absolute Gasteiger partial charge is 0.407 e. The zero-order valence-electron chi connectivity index (χ0n) is 12.5. The molecule has 3 fully saturated rings. The van der Waals surface area contributed by atoms with Gasteiger partial charge in [-0.1, -0.05) is 30.3 Å². The second-order valence-corrected chi connectivity index (χ2v) is 6.07. The monoisotopic (exact) mass is 305 g/mol. The molecule has 118 valence electrons. The summed E-state index contributed by atoms with van der Waals surface area (Å²) in [6.07, 6.45) is 0.844. The van der Waals surface area contributed by atoms with Gasteiger partial charge in [0.2, 0.25) is 0 Å². The molecule has 6 nitrogen and oxygen atoms in total. The van der Waals surface area contributed by atoms with E-state index in [1.54, 1.807) is 0 Å². The highest BCUT2D eigenvalue weighted by Gasteiger charge is 2.64. The van der Waals surface area contributed by atoms with Crippen LogP contribution in [-0.2, 0) is 25.6 Å². The van der Waals surface area contributed by atoms with Crippen molar-refractivity contribution in [1.29, 1.82) is 0 Å². The molecule has 2 bridgehead atoms. The first-order chi connectivity index (χ1) is 10.5. The topological polar surface area (TPSA) is 73.9 Å². The molecule has 6 heteroatoms. The van der Waals surface area contributed by atoms with Gasteiger partial charge in [-0.2, -0.15) is 0 Å². The number of benzene rings is 1. The first kappa shape index (κ1) is 14.8. The number of esters is 1. The van der Waals surface area contributed by atoms with Gasteiger partial charge in [-0.3, -0.25) is 4.79 Å². The Hall–Kier alpha value is -2.08. The molecule has 22 heavy (non-hydrogen) atoms. The van der Waals surface area contributed by atoms with Gasteiger partial charge >= 0.3 is 12.1 Å². The lowest BCUT2D eigenvalue weighted by Crippen LogP contribution is -2.61. The Labute approximate surface area is 128 Å². The Balaban J connectivity index is 1.45. The zero-order valence-corrected chi connectivity index (χ0v) is 12.5. The molecule has 0 aromatic heterocycles. The summed E-state index contributed by atoms with van der Waals surface area (Å²) >= 11 is 0. The van der Waals surface area contributed by atoms with E-state index in [2.05, 4.69) is 5.32 Å². The van der Waals surface area contributed by atoms with Crippen LogP contribution in [0.2, 0.25) is 0 Å². The van der Waals surface area contributed by atoms with Crippen LogP contribution in [0.15, 0.2) is 30.3 Å². The van der Waals surface area contributed by atoms with Crippen molar-refractivity contribution in [3.63, 3.8) is 0 Å². The van der Waals surface area contributed by atoms with Gasteiger partial charge < -0.3 is 19.5 Å². The maximum atomic E-state index is 11.9. The molecular formula is C16H19NO5. The summed E-state index contributed by atoms with van der Waals surface area (Å²) in [5.41, 5.74) is 0.127. The number of nitrogens with one attached hydrogen (secondary N) is 1. The van der Waals surface area contributed by atoms with Crippen molar-refractivity contribution in [2.75, 3.05) is 13.2 Å². The van der Waals surface area contributed by atoms with Crippen LogP contribution in [0.1, 0.15) is 25.3 Å². The van der Waals surface area contributed by atoms with Gasteiger partial charge in [-0.15, -0.1) is 0 Å². The Morgan fingerprint density at radius 1 is 1.23 bits per heavy atom. The average molecular weight is 305 g/mol. The van der Waals surface area contributed by atoms with Crippen LogP contribution in [0.5, 0.6) is 0 Å². The third kappa shape index (κ3) is 3.06. The molecule has 2 heterocycles. The number of carbonyl (C=O) groups excluding carboxylic acids is 2. The lowest BCUT2D eigenvalue weighted by molar-refractivity contribution is -0.151. The van der Waals surface area contributed by atoms with Gasteiger partial charge in [-0.25, -0.2) is 4.79 Å². The number of hydrogen-bond acceptors (Lipinski definition) is 5. The fourth-order valence-electron chi connectivity index (χ4n) is 3.15. The van der Waals surface area contributed by atoms with Crippen LogP contribution < -0.4 is 5.32 Å². The number of rotatable bonds is 5. The van der Waals surface area contributed by atoms with E-state index >= 15 is 0 Å². The maximum Gasteiger partial charge on any atom is 0.407 e. The third-order valence-corrected chi connectivity index (χ3v) is 4.09. The Morgan fingerprint density at radius 2 is 1.95 bits per heavy atom. The summed E-state index contributed by atoms with van der Waals surface area (Å²) in [7, 11) is 0. The van der Waals surface area contributed by atoms with E-state index in [9.17, 15) is 9.59 Å². The van der Waals surface area contributed by atoms with Crippen molar-refractivity contribution in [1.82, 2.24) is 5.32 Å². The molecule has 2 saturated heterocycles. The molecule has 0 radical (unpaired) electrons. The second-order valence-electron chi connectivity index (χ2n) is 6.07. The molecule has 2 aliphatic heterocycles. The van der Waals surface area contributed by atoms with E-state index in [-0.39, 0.29) is 24.7 Å². The molecule has 1 aromatic carbocycles. The summed E-state index contributed by atoms with van der Waals surface area (Å²) in [5.74, 6) is -0.322. The van der Waals surface area contributed by atoms with Crippen LogP contribution in [0.25, 0.3) is 0 Å².